The summed E-state index contributed by atoms with van der Waals surface area (Å²) in [6.07, 6.45) is 1.99. The highest BCUT2D eigenvalue weighted by Gasteiger charge is 2.44. The van der Waals surface area contributed by atoms with Crippen molar-refractivity contribution in [2.24, 2.45) is 0 Å². The number of hydrogen-bond donors (Lipinski definition) is 1. The van der Waals surface area contributed by atoms with Gasteiger partial charge in [-0.2, -0.15) is 4.98 Å². The van der Waals surface area contributed by atoms with Crippen LogP contribution >= 0.6 is 0 Å². The van der Waals surface area contributed by atoms with Crippen LogP contribution in [0.3, 0.4) is 0 Å². The van der Waals surface area contributed by atoms with Crippen LogP contribution in [0.15, 0.2) is 30.5 Å². The first-order valence-electron chi connectivity index (χ1n) is 11.0. The predicted molar refractivity (Wildman–Crippen MR) is 121 cm³/mol. The SMILES string of the molecule is COc1nc(N[C@@H]2CCN(C)CC2(F)F)nn2ccc(-c3ccc4nnn([C@@H](C)CF)c4c3)c12. The summed E-state index contributed by atoms with van der Waals surface area (Å²) in [5.74, 6) is -2.60. The van der Waals surface area contributed by atoms with Crippen LogP contribution in [-0.2, 0) is 0 Å². The van der Waals surface area contributed by atoms with Crippen LogP contribution in [0.5, 0.6) is 5.88 Å². The first kappa shape index (κ1) is 22.4. The Morgan fingerprint density at radius 2 is 2.12 bits per heavy atom. The molecule has 4 heterocycles. The van der Waals surface area contributed by atoms with E-state index in [4.69, 9.17) is 4.74 Å². The molecule has 1 aliphatic heterocycles. The summed E-state index contributed by atoms with van der Waals surface area (Å²) in [7, 11) is 3.15. The average molecular weight is 474 g/mol. The van der Waals surface area contributed by atoms with Crippen molar-refractivity contribution in [3.63, 3.8) is 0 Å². The van der Waals surface area contributed by atoms with E-state index in [2.05, 4.69) is 25.7 Å². The standard InChI is InChI=1S/C22H25F3N8O/c1-13(11-23)33-17-10-14(4-5-16(17)28-30-33)15-6-9-32-19(15)20(34-3)27-21(29-32)26-18-7-8-31(2)12-22(18,24)25/h4-6,9-10,13,18H,7-8,11-12H2,1-3H3,(H,26,29)/t13-,18+/m0/s1. The molecule has 0 bridgehead atoms. The van der Waals surface area contributed by atoms with E-state index in [-0.39, 0.29) is 24.8 Å². The number of alkyl halides is 3. The number of methoxy groups -OCH3 is 1. The van der Waals surface area contributed by atoms with Gasteiger partial charge < -0.3 is 15.0 Å². The smallest absolute Gasteiger partial charge is 0.280 e. The Kier molecular flexibility index (Phi) is 5.54. The van der Waals surface area contributed by atoms with Gasteiger partial charge in [0, 0.05) is 18.3 Å². The number of nitrogens with zero attached hydrogens (tertiary/aromatic N) is 7. The van der Waals surface area contributed by atoms with Crippen molar-refractivity contribution in [3.05, 3.63) is 30.5 Å². The molecule has 0 spiro atoms. The van der Waals surface area contributed by atoms with Gasteiger partial charge >= 0.3 is 0 Å². The Morgan fingerprint density at radius 3 is 2.85 bits per heavy atom. The second-order valence-corrected chi connectivity index (χ2v) is 8.69. The van der Waals surface area contributed by atoms with Crippen molar-refractivity contribution in [2.45, 2.75) is 31.4 Å². The molecule has 0 amide bonds. The molecule has 1 N–H and O–H groups in total. The van der Waals surface area contributed by atoms with Crippen molar-refractivity contribution in [1.29, 1.82) is 0 Å². The largest absolute Gasteiger partial charge is 0.479 e. The molecular weight excluding hydrogens is 449 g/mol. The van der Waals surface area contributed by atoms with E-state index in [1.54, 1.807) is 34.3 Å². The van der Waals surface area contributed by atoms with Gasteiger partial charge in [-0.05, 0) is 44.2 Å². The third-order valence-corrected chi connectivity index (χ3v) is 6.19. The van der Waals surface area contributed by atoms with Gasteiger partial charge in [0.15, 0.2) is 0 Å². The summed E-state index contributed by atoms with van der Waals surface area (Å²) < 4.78 is 50.9. The summed E-state index contributed by atoms with van der Waals surface area (Å²) in [6, 6.07) is 5.88. The molecule has 4 aromatic rings. The van der Waals surface area contributed by atoms with Crippen LogP contribution in [0.4, 0.5) is 19.1 Å². The number of ether oxygens (including phenoxy) is 1. The summed E-state index contributed by atoms with van der Waals surface area (Å²) >= 11 is 0. The molecule has 34 heavy (non-hydrogen) atoms. The zero-order chi connectivity index (χ0) is 24.0. The Morgan fingerprint density at radius 1 is 1.29 bits per heavy atom. The number of benzene rings is 1. The number of likely N-dealkylation sites (tertiary alicyclic amines) is 1. The molecule has 0 unspecified atom stereocenters. The molecular formula is C22H25F3N8O. The minimum atomic E-state index is -2.91. The van der Waals surface area contributed by atoms with Crippen molar-refractivity contribution >= 4 is 22.5 Å². The Balaban J connectivity index is 1.53. The van der Waals surface area contributed by atoms with Gasteiger partial charge in [-0.3, -0.25) is 0 Å². The fraction of sp³-hybridized carbons (Fsp3) is 0.455. The van der Waals surface area contributed by atoms with E-state index < -0.39 is 24.7 Å². The fourth-order valence-electron chi connectivity index (χ4n) is 4.37. The quantitative estimate of drug-likeness (QED) is 0.458. The van der Waals surface area contributed by atoms with Gasteiger partial charge in [0.1, 0.15) is 17.7 Å². The molecule has 1 fully saturated rings. The highest BCUT2D eigenvalue weighted by atomic mass is 19.3. The van der Waals surface area contributed by atoms with Crippen LogP contribution in [0.1, 0.15) is 19.4 Å². The molecule has 0 aliphatic carbocycles. The van der Waals surface area contributed by atoms with Gasteiger partial charge in [-0.25, -0.2) is 22.4 Å². The molecule has 5 rings (SSSR count). The number of hydrogen-bond acceptors (Lipinski definition) is 7. The van der Waals surface area contributed by atoms with Crippen LogP contribution in [0.25, 0.3) is 27.7 Å². The Labute approximate surface area is 193 Å². The second-order valence-electron chi connectivity index (χ2n) is 8.69. The van der Waals surface area contributed by atoms with Gasteiger partial charge in [0.2, 0.25) is 11.8 Å². The fourth-order valence-corrected chi connectivity index (χ4v) is 4.37. The Bertz CT molecular complexity index is 1340. The maximum absolute atomic E-state index is 14.5. The maximum atomic E-state index is 14.5. The van der Waals surface area contributed by atoms with E-state index in [0.29, 0.717) is 23.1 Å². The van der Waals surface area contributed by atoms with E-state index in [1.807, 2.05) is 24.3 Å². The van der Waals surface area contributed by atoms with Crippen molar-refractivity contribution in [2.75, 3.05) is 39.2 Å². The zero-order valence-corrected chi connectivity index (χ0v) is 19.0. The molecule has 9 nitrogen and oxygen atoms in total. The topological polar surface area (TPSA) is 85.4 Å². The number of rotatable bonds is 6. The first-order chi connectivity index (χ1) is 16.3. The molecule has 3 aromatic heterocycles. The zero-order valence-electron chi connectivity index (χ0n) is 19.0. The minimum Gasteiger partial charge on any atom is -0.479 e. The second kappa shape index (κ2) is 8.42. The highest BCUT2D eigenvalue weighted by molar-refractivity contribution is 5.89. The van der Waals surface area contributed by atoms with Crippen LogP contribution in [-0.4, -0.2) is 80.4 Å². The molecule has 180 valence electrons. The average Bonchev–Trinajstić information content (AvgIpc) is 3.43. The third kappa shape index (κ3) is 3.81. The number of nitrogens with one attached hydrogen (secondary N) is 1. The number of aromatic nitrogens is 6. The highest BCUT2D eigenvalue weighted by Crippen LogP contribution is 2.34. The van der Waals surface area contributed by atoms with Gasteiger partial charge in [-0.15, -0.1) is 10.2 Å². The molecule has 1 saturated heterocycles. The molecule has 0 saturated carbocycles. The number of anilines is 1. The van der Waals surface area contributed by atoms with E-state index in [9.17, 15) is 13.2 Å². The lowest BCUT2D eigenvalue weighted by Gasteiger charge is -2.36. The lowest BCUT2D eigenvalue weighted by Crippen LogP contribution is -2.53. The van der Waals surface area contributed by atoms with Crippen LogP contribution < -0.4 is 10.1 Å². The van der Waals surface area contributed by atoms with Crippen molar-refractivity contribution < 1.29 is 17.9 Å². The lowest BCUT2D eigenvalue weighted by molar-refractivity contribution is -0.0675. The van der Waals surface area contributed by atoms with Crippen LogP contribution in [0.2, 0.25) is 0 Å². The van der Waals surface area contributed by atoms with Gasteiger partial charge in [0.25, 0.3) is 5.92 Å². The molecule has 1 aliphatic rings. The van der Waals surface area contributed by atoms with Gasteiger partial charge in [0.05, 0.1) is 31.3 Å². The van der Waals surface area contributed by atoms with Gasteiger partial charge in [-0.1, -0.05) is 11.3 Å². The summed E-state index contributed by atoms with van der Waals surface area (Å²) in [6.45, 7) is 1.39. The number of piperidine rings is 1. The van der Waals surface area contributed by atoms with Crippen molar-refractivity contribution in [3.8, 4) is 17.0 Å². The van der Waals surface area contributed by atoms with E-state index >= 15 is 0 Å². The Hall–Kier alpha value is -3.41. The molecule has 12 heteroatoms. The summed E-state index contributed by atoms with van der Waals surface area (Å²) in [5, 5.41) is 15.4. The molecule has 0 radical (unpaired) electrons. The summed E-state index contributed by atoms with van der Waals surface area (Å²) in [5.41, 5.74) is 3.52. The van der Waals surface area contributed by atoms with E-state index in [1.165, 1.54) is 7.11 Å². The molecule has 2 atom stereocenters. The molecule has 1 aromatic carbocycles. The minimum absolute atomic E-state index is 0.0650. The lowest BCUT2D eigenvalue weighted by atomic mass is 10.0. The predicted octanol–water partition coefficient (Wildman–Crippen LogP) is 3.43. The maximum Gasteiger partial charge on any atom is 0.280 e. The van der Waals surface area contributed by atoms with Crippen molar-refractivity contribution in [1.82, 2.24) is 34.5 Å². The van der Waals surface area contributed by atoms with E-state index in [0.717, 1.165) is 11.1 Å². The third-order valence-electron chi connectivity index (χ3n) is 6.19. The number of fused-ring (bicyclic) bond motifs is 2. The van der Waals surface area contributed by atoms with Crippen LogP contribution in [0, 0.1) is 0 Å². The summed E-state index contributed by atoms with van der Waals surface area (Å²) in [4.78, 5) is 5.98. The monoisotopic (exact) mass is 474 g/mol. The normalized spacial score (nSPS) is 19.5. The first-order valence-corrected chi connectivity index (χ1v) is 11.0. The number of halogens is 3.